The van der Waals surface area contributed by atoms with Gasteiger partial charge in [-0.1, -0.05) is 173 Å². The molecule has 0 aromatic heterocycles. The minimum atomic E-state index is -0.408. The fourth-order valence-corrected chi connectivity index (χ4v) is 10.1. The molecule has 8 aromatic carbocycles. The van der Waals surface area contributed by atoms with Crippen LogP contribution in [0.2, 0.25) is 0 Å². The van der Waals surface area contributed by atoms with E-state index in [1.165, 1.54) is 68.1 Å². The maximum Gasteiger partial charge on any atom is 0.343 e. The summed E-state index contributed by atoms with van der Waals surface area (Å²) in [5.41, 5.74) is 9.65. The lowest BCUT2D eigenvalue weighted by atomic mass is 9.79. The highest BCUT2D eigenvalue weighted by atomic mass is 16.5. The average Bonchev–Trinajstić information content (AvgIpc) is 3.32. The number of fused-ring (bicyclic) bond motifs is 2. The van der Waals surface area contributed by atoms with Crippen molar-refractivity contribution in [3.63, 3.8) is 0 Å². The molecule has 0 heterocycles. The summed E-state index contributed by atoms with van der Waals surface area (Å²) < 4.78 is 13.2. The van der Waals surface area contributed by atoms with Crippen LogP contribution in [0.5, 0.6) is 17.2 Å². The predicted octanol–water partition coefficient (Wildman–Crippen LogP) is 16.6. The number of hydrogen-bond donors (Lipinski definition) is 0. The van der Waals surface area contributed by atoms with E-state index >= 15 is 0 Å². The highest BCUT2D eigenvalue weighted by molar-refractivity contribution is 6.10. The Morgan fingerprint density at radius 1 is 0.419 bits per heavy atom. The Morgan fingerprint density at radius 3 is 1.31 bits per heavy atom. The Balaban J connectivity index is 0.934. The zero-order chi connectivity index (χ0) is 42.0. The molecule has 0 saturated heterocycles. The summed E-state index contributed by atoms with van der Waals surface area (Å²) in [6.07, 6.45) is 10.4. The zero-order valence-electron chi connectivity index (χ0n) is 35.9. The minimum absolute atomic E-state index is 0.408. The van der Waals surface area contributed by atoms with Crippen LogP contribution in [-0.4, -0.2) is 5.97 Å². The molecule has 0 spiro atoms. The molecule has 2 saturated carbocycles. The van der Waals surface area contributed by atoms with Crippen molar-refractivity contribution in [3.8, 4) is 50.6 Å². The standard InChI is InChI=1S/C59H54O3/c1-39-11-15-41(16-12-39)43-19-23-45(24-20-43)47-27-29-51(30-28-47)59(60)62-56-38-34-50-8-4-6-10-54(50)58(56)57-53-9-5-3-7-49(53)33-37-55(57)61-52-35-31-48(32-36-52)46-25-21-44(22-26-46)42-17-13-40(2)14-18-42/h3-10,19-42H,11-18H2,1-2H3. The lowest BCUT2D eigenvalue weighted by Gasteiger charge is -2.26. The fourth-order valence-electron chi connectivity index (χ4n) is 10.1. The van der Waals surface area contributed by atoms with Crippen LogP contribution in [0.1, 0.15) is 98.5 Å². The van der Waals surface area contributed by atoms with Crippen LogP contribution >= 0.6 is 0 Å². The van der Waals surface area contributed by atoms with Gasteiger partial charge in [0.05, 0.1) is 5.56 Å². The van der Waals surface area contributed by atoms with Crippen LogP contribution in [0.3, 0.4) is 0 Å². The summed E-state index contributed by atoms with van der Waals surface area (Å²) in [6.45, 7) is 4.75. The molecule has 0 bridgehead atoms. The van der Waals surface area contributed by atoms with E-state index < -0.39 is 5.97 Å². The van der Waals surface area contributed by atoms with Gasteiger partial charge in [-0.05, 0) is 141 Å². The summed E-state index contributed by atoms with van der Waals surface area (Å²) in [7, 11) is 0. The molecule has 3 heteroatoms. The maximum atomic E-state index is 14.1. The van der Waals surface area contributed by atoms with Gasteiger partial charge in [-0.15, -0.1) is 0 Å². The second-order valence-corrected chi connectivity index (χ2v) is 18.1. The summed E-state index contributed by atoms with van der Waals surface area (Å²) >= 11 is 0. The van der Waals surface area contributed by atoms with Gasteiger partial charge in [0.25, 0.3) is 0 Å². The highest BCUT2D eigenvalue weighted by Gasteiger charge is 2.23. The number of carbonyl (C=O) groups excluding carboxylic acids is 1. The first kappa shape index (κ1) is 39.7. The predicted molar refractivity (Wildman–Crippen MR) is 256 cm³/mol. The molecule has 0 radical (unpaired) electrons. The number of ether oxygens (including phenoxy) is 2. The van der Waals surface area contributed by atoms with Crippen molar-refractivity contribution in [2.24, 2.45) is 11.8 Å². The smallest absolute Gasteiger partial charge is 0.343 e. The number of rotatable bonds is 9. The first-order chi connectivity index (χ1) is 30.4. The van der Waals surface area contributed by atoms with Gasteiger partial charge >= 0.3 is 5.97 Å². The van der Waals surface area contributed by atoms with Gasteiger partial charge in [0.15, 0.2) is 0 Å². The summed E-state index contributed by atoms with van der Waals surface area (Å²) in [5, 5.41) is 4.10. The number of carbonyl (C=O) groups is 1. The van der Waals surface area contributed by atoms with E-state index in [2.05, 4.69) is 105 Å². The van der Waals surface area contributed by atoms with Crippen LogP contribution in [0, 0.1) is 11.8 Å². The summed E-state index contributed by atoms with van der Waals surface area (Å²) in [4.78, 5) is 14.1. The average molecular weight is 811 g/mol. The minimum Gasteiger partial charge on any atom is -0.457 e. The second kappa shape index (κ2) is 17.5. The van der Waals surface area contributed by atoms with Crippen LogP contribution in [-0.2, 0) is 0 Å². The van der Waals surface area contributed by atoms with E-state index in [1.807, 2.05) is 78.9 Å². The Hall–Kier alpha value is -6.45. The van der Waals surface area contributed by atoms with Crippen molar-refractivity contribution in [1.82, 2.24) is 0 Å². The van der Waals surface area contributed by atoms with Crippen LogP contribution in [0.25, 0.3) is 54.9 Å². The Kier molecular flexibility index (Phi) is 11.2. The van der Waals surface area contributed by atoms with Crippen molar-refractivity contribution in [1.29, 1.82) is 0 Å². The second-order valence-electron chi connectivity index (χ2n) is 18.1. The topological polar surface area (TPSA) is 35.5 Å². The maximum absolute atomic E-state index is 14.1. The third-order valence-electron chi connectivity index (χ3n) is 13.9. The Morgan fingerprint density at radius 2 is 0.823 bits per heavy atom. The molecule has 0 atom stereocenters. The van der Waals surface area contributed by atoms with Crippen molar-refractivity contribution in [3.05, 3.63) is 187 Å². The lowest BCUT2D eigenvalue weighted by Crippen LogP contribution is -2.10. The zero-order valence-corrected chi connectivity index (χ0v) is 35.9. The third-order valence-corrected chi connectivity index (χ3v) is 13.9. The van der Waals surface area contributed by atoms with E-state index in [-0.39, 0.29) is 0 Å². The third kappa shape index (κ3) is 8.29. The first-order valence-electron chi connectivity index (χ1n) is 22.8. The Labute approximate surface area is 366 Å². The molecule has 3 nitrogen and oxygen atoms in total. The van der Waals surface area contributed by atoms with Crippen molar-refractivity contribution >= 4 is 27.5 Å². The molecule has 8 aromatic rings. The number of esters is 1. The molecule has 0 unspecified atom stereocenters. The molecule has 10 rings (SSSR count). The van der Waals surface area contributed by atoms with Gasteiger partial charge in [-0.2, -0.15) is 0 Å². The van der Waals surface area contributed by atoms with E-state index in [0.29, 0.717) is 28.9 Å². The van der Waals surface area contributed by atoms with Crippen LogP contribution in [0.15, 0.2) is 170 Å². The van der Waals surface area contributed by atoms with Gasteiger partial charge in [-0.25, -0.2) is 4.79 Å². The largest absolute Gasteiger partial charge is 0.457 e. The van der Waals surface area contributed by atoms with Crippen LogP contribution < -0.4 is 9.47 Å². The normalized spacial score (nSPS) is 19.0. The number of hydrogen-bond acceptors (Lipinski definition) is 3. The van der Waals surface area contributed by atoms with Gasteiger partial charge in [0.1, 0.15) is 17.2 Å². The number of benzene rings is 8. The molecule has 62 heavy (non-hydrogen) atoms. The first-order valence-corrected chi connectivity index (χ1v) is 22.8. The van der Waals surface area contributed by atoms with Crippen molar-refractivity contribution < 1.29 is 14.3 Å². The highest BCUT2D eigenvalue weighted by Crippen LogP contribution is 2.47. The van der Waals surface area contributed by atoms with Crippen molar-refractivity contribution in [2.75, 3.05) is 0 Å². The molecule has 2 fully saturated rings. The Bertz CT molecular complexity index is 2820. The van der Waals surface area contributed by atoms with Crippen LogP contribution in [0.4, 0.5) is 0 Å². The molecular formula is C59H54O3. The lowest BCUT2D eigenvalue weighted by molar-refractivity contribution is 0.0735. The van der Waals surface area contributed by atoms with Gasteiger partial charge in [0.2, 0.25) is 0 Å². The van der Waals surface area contributed by atoms with Gasteiger partial charge in [-0.3, -0.25) is 0 Å². The molecule has 2 aliphatic carbocycles. The summed E-state index contributed by atoms with van der Waals surface area (Å²) in [5.74, 6) is 4.51. The van der Waals surface area contributed by atoms with E-state index in [1.54, 1.807) is 0 Å². The monoisotopic (exact) mass is 810 g/mol. The van der Waals surface area contributed by atoms with Gasteiger partial charge in [0, 0.05) is 11.1 Å². The molecule has 0 amide bonds. The van der Waals surface area contributed by atoms with E-state index in [9.17, 15) is 4.79 Å². The molecular weight excluding hydrogens is 757 g/mol. The fraction of sp³-hybridized carbons (Fsp3) is 0.237. The van der Waals surface area contributed by atoms with E-state index in [0.717, 1.165) is 66.9 Å². The molecule has 0 aliphatic heterocycles. The van der Waals surface area contributed by atoms with E-state index in [4.69, 9.17) is 9.47 Å². The molecule has 2 aliphatic rings. The quantitative estimate of drug-likeness (QED) is 0.108. The van der Waals surface area contributed by atoms with Crippen molar-refractivity contribution in [2.45, 2.75) is 77.0 Å². The molecule has 0 N–H and O–H groups in total. The SMILES string of the molecule is CC1CCC(c2ccc(-c3ccc(Oc4ccc5ccccc5c4-c4c(OC(=O)c5ccc(-c6ccc(C7CCC(C)CC7)cc6)cc5)ccc5ccccc45)cc3)cc2)CC1. The molecule has 308 valence electrons. The van der Waals surface area contributed by atoms with Gasteiger partial charge < -0.3 is 9.47 Å². The summed E-state index contributed by atoms with van der Waals surface area (Å²) in [6, 6.07) is 59.0.